The molecule has 5 rings (SSSR count). The summed E-state index contributed by atoms with van der Waals surface area (Å²) in [5, 5.41) is 5.05. The monoisotopic (exact) mass is 427 g/mol. The molecule has 0 amide bonds. The first-order chi connectivity index (χ1) is 14.1. The summed E-state index contributed by atoms with van der Waals surface area (Å²) in [6.45, 7) is 1.81. The van der Waals surface area contributed by atoms with Crippen molar-refractivity contribution in [2.75, 3.05) is 23.7 Å². The fourth-order valence-corrected chi connectivity index (χ4v) is 5.71. The first-order valence-electron chi connectivity index (χ1n) is 9.87. The van der Waals surface area contributed by atoms with Crippen molar-refractivity contribution in [3.63, 3.8) is 0 Å². The minimum atomic E-state index is -1.04. The molecule has 29 heavy (non-hydrogen) atoms. The van der Waals surface area contributed by atoms with Crippen LogP contribution in [0.15, 0.2) is 41.6 Å². The molecule has 3 aromatic rings. The smallest absolute Gasteiger partial charge is 0.226 e. The van der Waals surface area contributed by atoms with Crippen molar-refractivity contribution in [1.82, 2.24) is 19.7 Å². The van der Waals surface area contributed by atoms with E-state index in [0.717, 1.165) is 65.2 Å². The number of hydrogen-bond acceptors (Lipinski definition) is 5. The zero-order chi connectivity index (χ0) is 20.0. The molecule has 2 aliphatic rings. The number of benzene rings is 1. The van der Waals surface area contributed by atoms with E-state index in [4.69, 9.17) is 21.6 Å². The highest BCUT2D eigenvalue weighted by Gasteiger charge is 2.29. The maximum atomic E-state index is 12.6. The van der Waals surface area contributed by atoms with Gasteiger partial charge in [-0.2, -0.15) is 5.10 Å². The van der Waals surface area contributed by atoms with Gasteiger partial charge in [-0.15, -0.1) is 0 Å². The summed E-state index contributed by atoms with van der Waals surface area (Å²) in [7, 11) is 0.842. The second-order valence-corrected chi connectivity index (χ2v) is 9.61. The Morgan fingerprint density at radius 2 is 1.90 bits per heavy atom. The van der Waals surface area contributed by atoms with Crippen molar-refractivity contribution < 1.29 is 4.21 Å². The third-order valence-electron chi connectivity index (χ3n) is 5.77. The van der Waals surface area contributed by atoms with E-state index in [1.165, 1.54) is 5.56 Å². The van der Waals surface area contributed by atoms with Crippen molar-refractivity contribution in [2.45, 2.75) is 30.1 Å². The van der Waals surface area contributed by atoms with E-state index in [-0.39, 0.29) is 0 Å². The fourth-order valence-electron chi connectivity index (χ4n) is 4.21. The number of rotatable bonds is 3. The predicted molar refractivity (Wildman–Crippen MR) is 115 cm³/mol. The summed E-state index contributed by atoms with van der Waals surface area (Å²) in [4.78, 5) is 12.7. The average molecular weight is 428 g/mol. The highest BCUT2D eigenvalue weighted by Crippen LogP contribution is 2.35. The molecular formula is C21H22ClN5OS. The minimum absolute atomic E-state index is 0.531. The molecule has 0 spiro atoms. The third kappa shape index (κ3) is 3.57. The molecule has 8 heteroatoms. The van der Waals surface area contributed by atoms with Gasteiger partial charge in [0, 0.05) is 49.1 Å². The van der Waals surface area contributed by atoms with Gasteiger partial charge in [-0.1, -0.05) is 23.7 Å². The molecule has 150 valence electrons. The molecule has 4 heterocycles. The Hall–Kier alpha value is -2.25. The van der Waals surface area contributed by atoms with Gasteiger partial charge in [-0.3, -0.25) is 8.89 Å². The van der Waals surface area contributed by atoms with E-state index >= 15 is 0 Å². The lowest BCUT2D eigenvalue weighted by Crippen LogP contribution is -2.34. The van der Waals surface area contributed by atoms with Crippen LogP contribution in [-0.2, 0) is 24.3 Å². The number of fused-ring (bicyclic) bond motifs is 1. The lowest BCUT2D eigenvalue weighted by molar-refractivity contribution is 0.499. The first-order valence-corrected chi connectivity index (χ1v) is 11.6. The van der Waals surface area contributed by atoms with Crippen molar-refractivity contribution in [1.29, 1.82) is 0 Å². The molecule has 1 saturated heterocycles. The largest absolute Gasteiger partial charge is 0.341 e. The topological polar surface area (TPSA) is 63.9 Å². The van der Waals surface area contributed by atoms with Crippen LogP contribution < -0.4 is 4.90 Å². The van der Waals surface area contributed by atoms with E-state index < -0.39 is 10.8 Å². The van der Waals surface area contributed by atoms with Gasteiger partial charge in [0.15, 0.2) is 0 Å². The van der Waals surface area contributed by atoms with E-state index in [1.807, 2.05) is 25.4 Å². The van der Waals surface area contributed by atoms with Gasteiger partial charge in [0.1, 0.15) is 0 Å². The molecule has 0 N–H and O–H groups in total. The van der Waals surface area contributed by atoms with Crippen molar-refractivity contribution in [3.8, 4) is 11.3 Å². The Balaban J connectivity index is 1.42. The van der Waals surface area contributed by atoms with Crippen LogP contribution in [-0.4, -0.2) is 42.8 Å². The molecule has 0 aliphatic carbocycles. The zero-order valence-electron chi connectivity index (χ0n) is 16.2. The first kappa shape index (κ1) is 18.8. The summed E-state index contributed by atoms with van der Waals surface area (Å²) in [5.41, 5.74) is 3.94. The zero-order valence-corrected chi connectivity index (χ0v) is 17.8. The Morgan fingerprint density at radius 3 is 2.59 bits per heavy atom. The van der Waals surface area contributed by atoms with Gasteiger partial charge >= 0.3 is 0 Å². The Bertz CT molecular complexity index is 1070. The van der Waals surface area contributed by atoms with Gasteiger partial charge in [0.25, 0.3) is 0 Å². The number of piperidine rings is 1. The minimum Gasteiger partial charge on any atom is -0.341 e. The molecule has 6 nitrogen and oxygen atoms in total. The molecule has 0 radical (unpaired) electrons. The predicted octanol–water partition coefficient (Wildman–Crippen LogP) is 3.58. The van der Waals surface area contributed by atoms with Gasteiger partial charge in [0.05, 0.1) is 33.3 Å². The fraction of sp³-hybridized carbons (Fsp3) is 0.381. The normalized spacial score (nSPS) is 19.5. The van der Waals surface area contributed by atoms with Crippen LogP contribution in [0.4, 0.5) is 5.95 Å². The Morgan fingerprint density at radius 1 is 1.14 bits per heavy atom. The number of halogens is 1. The van der Waals surface area contributed by atoms with Crippen molar-refractivity contribution in [3.05, 3.63) is 52.9 Å². The highest BCUT2D eigenvalue weighted by molar-refractivity contribution is 7.85. The second-order valence-electron chi connectivity index (χ2n) is 7.66. The van der Waals surface area contributed by atoms with Gasteiger partial charge in [-0.05, 0) is 36.5 Å². The van der Waals surface area contributed by atoms with Crippen LogP contribution in [0.25, 0.3) is 11.3 Å². The molecule has 1 atom stereocenters. The molecular weight excluding hydrogens is 406 g/mol. The summed E-state index contributed by atoms with van der Waals surface area (Å²) in [6, 6.07) is 8.19. The standard InChI is InChI=1S/C21H22ClN5OS/c1-26-13-16(12-23-26)19-20-18(8-11-29(20)28)24-21(25-19)27-9-6-15(7-10-27)14-2-4-17(22)5-3-14/h2-5,12-13,15H,6-11H2,1H3/t29-/m1/s1. The molecule has 0 saturated carbocycles. The molecule has 1 aromatic carbocycles. The quantitative estimate of drug-likeness (QED) is 0.639. The van der Waals surface area contributed by atoms with Gasteiger partial charge in [0.2, 0.25) is 5.95 Å². The summed E-state index contributed by atoms with van der Waals surface area (Å²) in [5.74, 6) is 1.90. The van der Waals surface area contributed by atoms with Crippen LogP contribution in [0.3, 0.4) is 0 Å². The van der Waals surface area contributed by atoms with Crippen LogP contribution >= 0.6 is 11.6 Å². The third-order valence-corrected chi connectivity index (χ3v) is 7.48. The van der Waals surface area contributed by atoms with E-state index in [0.29, 0.717) is 11.7 Å². The molecule has 2 aliphatic heterocycles. The van der Waals surface area contributed by atoms with Crippen LogP contribution in [0, 0.1) is 0 Å². The number of nitrogens with zero attached hydrogens (tertiary/aromatic N) is 5. The van der Waals surface area contributed by atoms with Crippen LogP contribution in [0.1, 0.15) is 30.0 Å². The maximum absolute atomic E-state index is 12.6. The number of anilines is 1. The average Bonchev–Trinajstić information content (AvgIpc) is 3.34. The SMILES string of the molecule is Cn1cc(-c2nc(N3CCC(c4ccc(Cl)cc4)CC3)nc3c2[S@](=O)CC3)cn1. The molecule has 2 aromatic heterocycles. The maximum Gasteiger partial charge on any atom is 0.226 e. The number of aromatic nitrogens is 4. The van der Waals surface area contributed by atoms with Crippen molar-refractivity contribution >= 4 is 28.3 Å². The van der Waals surface area contributed by atoms with Gasteiger partial charge in [-0.25, -0.2) is 9.97 Å². The lowest BCUT2D eigenvalue weighted by atomic mass is 9.89. The van der Waals surface area contributed by atoms with Crippen molar-refractivity contribution in [2.24, 2.45) is 7.05 Å². The van der Waals surface area contributed by atoms with E-state index in [2.05, 4.69) is 22.1 Å². The van der Waals surface area contributed by atoms with Gasteiger partial charge < -0.3 is 4.90 Å². The summed E-state index contributed by atoms with van der Waals surface area (Å²) in [6.07, 6.45) is 6.56. The van der Waals surface area contributed by atoms with E-state index in [9.17, 15) is 4.21 Å². The van der Waals surface area contributed by atoms with Crippen LogP contribution in [0.5, 0.6) is 0 Å². The Kier molecular flexibility index (Phi) is 4.87. The highest BCUT2D eigenvalue weighted by atomic mass is 35.5. The number of hydrogen-bond donors (Lipinski definition) is 0. The summed E-state index contributed by atoms with van der Waals surface area (Å²) >= 11 is 6.02. The van der Waals surface area contributed by atoms with Crippen LogP contribution in [0.2, 0.25) is 5.02 Å². The summed E-state index contributed by atoms with van der Waals surface area (Å²) < 4.78 is 14.3. The Labute approximate surface area is 177 Å². The lowest BCUT2D eigenvalue weighted by Gasteiger charge is -2.32. The van der Waals surface area contributed by atoms with E-state index in [1.54, 1.807) is 10.9 Å². The second kappa shape index (κ2) is 7.54. The molecule has 0 bridgehead atoms. The molecule has 0 unspecified atom stereocenters. The number of aryl methyl sites for hydroxylation is 2. The molecule has 1 fully saturated rings.